The summed E-state index contributed by atoms with van der Waals surface area (Å²) >= 11 is 0. The zero-order valence-electron chi connectivity index (χ0n) is 12.6. The molecule has 2 heterocycles. The second kappa shape index (κ2) is 8.23. The maximum absolute atomic E-state index is 5.73. The van der Waals surface area contributed by atoms with Crippen molar-refractivity contribution in [3.8, 4) is 0 Å². The van der Waals surface area contributed by atoms with Crippen LogP contribution in [-0.2, 0) is 14.2 Å². The molecule has 0 aromatic heterocycles. The van der Waals surface area contributed by atoms with E-state index in [1.165, 1.54) is 44.9 Å². The molecule has 0 radical (unpaired) electrons. The normalized spacial score (nSPS) is 30.3. The maximum atomic E-state index is 5.73. The Hall–Kier alpha value is -0.120. The van der Waals surface area contributed by atoms with Crippen molar-refractivity contribution in [2.45, 2.75) is 89.6 Å². The Kier molecular flexibility index (Phi) is 6.62. The number of hydrogen-bond donors (Lipinski definition) is 0. The van der Waals surface area contributed by atoms with Crippen LogP contribution >= 0.6 is 0 Å². The van der Waals surface area contributed by atoms with Crippen LogP contribution in [0.25, 0.3) is 0 Å². The summed E-state index contributed by atoms with van der Waals surface area (Å²) in [5.74, 6) is 0. The maximum Gasteiger partial charge on any atom is 0.104 e. The minimum absolute atomic E-state index is 0.309. The van der Waals surface area contributed by atoms with Crippen molar-refractivity contribution in [2.75, 3.05) is 13.2 Å². The molecule has 2 fully saturated rings. The standard InChI is InChI=1S/C16H30O3/c1-3-4-5-6-7-8-9-15-16(19-15)10-13(2)17-11-14-12-18-14/h13-16H,3-12H2,1-2H3. The van der Waals surface area contributed by atoms with Crippen LogP contribution in [0.2, 0.25) is 0 Å². The molecular formula is C16H30O3. The molecule has 2 rings (SSSR count). The molecule has 0 aromatic carbocycles. The van der Waals surface area contributed by atoms with Gasteiger partial charge in [-0.25, -0.2) is 0 Å². The minimum atomic E-state index is 0.309. The lowest BCUT2D eigenvalue weighted by molar-refractivity contribution is 0.0445. The van der Waals surface area contributed by atoms with Gasteiger partial charge in [0.05, 0.1) is 31.5 Å². The smallest absolute Gasteiger partial charge is 0.104 e. The number of epoxide rings is 2. The molecule has 0 aromatic rings. The van der Waals surface area contributed by atoms with E-state index in [1.54, 1.807) is 0 Å². The van der Waals surface area contributed by atoms with Crippen LogP contribution in [0.5, 0.6) is 0 Å². The molecule has 2 saturated heterocycles. The first-order chi connectivity index (χ1) is 9.29. The number of unbranched alkanes of at least 4 members (excludes halogenated alkanes) is 5. The highest BCUT2D eigenvalue weighted by atomic mass is 16.6. The van der Waals surface area contributed by atoms with Crippen molar-refractivity contribution in [3.63, 3.8) is 0 Å². The summed E-state index contributed by atoms with van der Waals surface area (Å²) in [5.41, 5.74) is 0. The molecule has 3 heteroatoms. The fourth-order valence-corrected chi connectivity index (χ4v) is 2.60. The van der Waals surface area contributed by atoms with Gasteiger partial charge in [-0.2, -0.15) is 0 Å². The van der Waals surface area contributed by atoms with Crippen LogP contribution in [0.1, 0.15) is 65.2 Å². The Bertz CT molecular complexity index is 240. The Morgan fingerprint density at radius 3 is 2.58 bits per heavy atom. The van der Waals surface area contributed by atoms with Gasteiger partial charge in [0.2, 0.25) is 0 Å². The first kappa shape index (κ1) is 15.3. The molecule has 4 unspecified atom stereocenters. The second-order valence-corrected chi connectivity index (χ2v) is 6.10. The zero-order valence-corrected chi connectivity index (χ0v) is 12.6. The summed E-state index contributed by atoms with van der Waals surface area (Å²) in [5, 5.41) is 0. The molecule has 19 heavy (non-hydrogen) atoms. The van der Waals surface area contributed by atoms with Crippen molar-refractivity contribution in [1.82, 2.24) is 0 Å². The van der Waals surface area contributed by atoms with Gasteiger partial charge in [0.1, 0.15) is 6.10 Å². The molecule has 0 saturated carbocycles. The van der Waals surface area contributed by atoms with Gasteiger partial charge in [-0.1, -0.05) is 45.4 Å². The summed E-state index contributed by atoms with van der Waals surface area (Å²) in [6, 6.07) is 0. The van der Waals surface area contributed by atoms with E-state index >= 15 is 0 Å². The lowest BCUT2D eigenvalue weighted by Gasteiger charge is -2.10. The van der Waals surface area contributed by atoms with Gasteiger partial charge in [-0.3, -0.25) is 0 Å². The first-order valence-corrected chi connectivity index (χ1v) is 8.18. The van der Waals surface area contributed by atoms with E-state index in [1.807, 2.05) is 0 Å². The van der Waals surface area contributed by atoms with Crippen molar-refractivity contribution >= 4 is 0 Å². The number of rotatable bonds is 12. The molecule has 3 nitrogen and oxygen atoms in total. The average molecular weight is 270 g/mol. The molecule has 2 aliphatic rings. The third-order valence-corrected chi connectivity index (χ3v) is 4.06. The highest BCUT2D eigenvalue weighted by Gasteiger charge is 2.39. The van der Waals surface area contributed by atoms with E-state index in [2.05, 4.69) is 13.8 Å². The highest BCUT2D eigenvalue weighted by molar-refractivity contribution is 4.86. The van der Waals surface area contributed by atoms with Crippen molar-refractivity contribution < 1.29 is 14.2 Å². The van der Waals surface area contributed by atoms with Crippen molar-refractivity contribution in [3.05, 3.63) is 0 Å². The third kappa shape index (κ3) is 6.73. The molecule has 112 valence electrons. The Morgan fingerprint density at radius 1 is 1.11 bits per heavy atom. The number of hydrogen-bond acceptors (Lipinski definition) is 3. The van der Waals surface area contributed by atoms with Gasteiger partial charge in [0.15, 0.2) is 0 Å². The Morgan fingerprint density at radius 2 is 1.84 bits per heavy atom. The molecule has 0 amide bonds. The summed E-state index contributed by atoms with van der Waals surface area (Å²) in [4.78, 5) is 0. The Labute approximate surface area is 118 Å². The van der Waals surface area contributed by atoms with Gasteiger partial charge in [0.25, 0.3) is 0 Å². The monoisotopic (exact) mass is 270 g/mol. The van der Waals surface area contributed by atoms with Gasteiger partial charge < -0.3 is 14.2 Å². The van der Waals surface area contributed by atoms with Crippen LogP contribution in [0.4, 0.5) is 0 Å². The van der Waals surface area contributed by atoms with Gasteiger partial charge >= 0.3 is 0 Å². The molecule has 0 bridgehead atoms. The van der Waals surface area contributed by atoms with Gasteiger partial charge in [-0.15, -0.1) is 0 Å². The van der Waals surface area contributed by atoms with Crippen LogP contribution in [-0.4, -0.2) is 37.6 Å². The van der Waals surface area contributed by atoms with Crippen LogP contribution in [0, 0.1) is 0 Å². The summed E-state index contributed by atoms with van der Waals surface area (Å²) < 4.78 is 16.6. The fraction of sp³-hybridized carbons (Fsp3) is 1.00. The molecule has 0 aliphatic carbocycles. The van der Waals surface area contributed by atoms with Crippen molar-refractivity contribution in [2.24, 2.45) is 0 Å². The van der Waals surface area contributed by atoms with Gasteiger partial charge in [-0.05, 0) is 13.3 Å². The summed E-state index contributed by atoms with van der Waals surface area (Å²) in [7, 11) is 0. The zero-order chi connectivity index (χ0) is 13.5. The van der Waals surface area contributed by atoms with E-state index in [9.17, 15) is 0 Å². The predicted octanol–water partition coefficient (Wildman–Crippen LogP) is 3.70. The molecule has 4 atom stereocenters. The molecule has 0 spiro atoms. The lowest BCUT2D eigenvalue weighted by Crippen LogP contribution is -2.15. The van der Waals surface area contributed by atoms with Crippen LogP contribution in [0.3, 0.4) is 0 Å². The molecule has 0 N–H and O–H groups in total. The lowest BCUT2D eigenvalue weighted by atomic mass is 10.1. The van der Waals surface area contributed by atoms with Crippen LogP contribution < -0.4 is 0 Å². The largest absolute Gasteiger partial charge is 0.376 e. The van der Waals surface area contributed by atoms with Crippen LogP contribution in [0.15, 0.2) is 0 Å². The topological polar surface area (TPSA) is 34.3 Å². The SMILES string of the molecule is CCCCCCCCC1OC1CC(C)OCC1CO1. The second-order valence-electron chi connectivity index (χ2n) is 6.10. The van der Waals surface area contributed by atoms with Crippen molar-refractivity contribution in [1.29, 1.82) is 0 Å². The highest BCUT2D eigenvalue weighted by Crippen LogP contribution is 2.31. The quantitative estimate of drug-likeness (QED) is 0.400. The van der Waals surface area contributed by atoms with Gasteiger partial charge in [0, 0.05) is 6.42 Å². The molecule has 2 aliphatic heterocycles. The first-order valence-electron chi connectivity index (χ1n) is 8.18. The van der Waals surface area contributed by atoms with E-state index in [4.69, 9.17) is 14.2 Å². The van der Waals surface area contributed by atoms with E-state index in [0.717, 1.165) is 19.6 Å². The van der Waals surface area contributed by atoms with E-state index in [-0.39, 0.29) is 0 Å². The number of ether oxygens (including phenoxy) is 3. The van der Waals surface area contributed by atoms with E-state index in [0.29, 0.717) is 24.4 Å². The predicted molar refractivity (Wildman–Crippen MR) is 76.4 cm³/mol. The van der Waals surface area contributed by atoms with E-state index < -0.39 is 0 Å². The summed E-state index contributed by atoms with van der Waals surface area (Å²) in [6.45, 7) is 6.05. The minimum Gasteiger partial charge on any atom is -0.376 e. The summed E-state index contributed by atoms with van der Waals surface area (Å²) in [6.07, 6.45) is 12.2. The average Bonchev–Trinajstić information content (AvgIpc) is 3.28. The molecular weight excluding hydrogens is 240 g/mol. The third-order valence-electron chi connectivity index (χ3n) is 4.06. The Balaban J connectivity index is 1.39. The fourth-order valence-electron chi connectivity index (χ4n) is 2.60.